The molecule has 0 aliphatic heterocycles. The lowest BCUT2D eigenvalue weighted by atomic mass is 9.83. The normalized spacial score (nSPS) is 23.1. The summed E-state index contributed by atoms with van der Waals surface area (Å²) in [5, 5.41) is 0.216. The van der Waals surface area contributed by atoms with Crippen LogP contribution in [0, 0.1) is 5.92 Å². The van der Waals surface area contributed by atoms with Gasteiger partial charge in [-0.25, -0.2) is 0 Å². The summed E-state index contributed by atoms with van der Waals surface area (Å²) < 4.78 is 0. The van der Waals surface area contributed by atoms with Crippen molar-refractivity contribution in [3.8, 4) is 0 Å². The van der Waals surface area contributed by atoms with E-state index in [9.17, 15) is 0 Å². The highest BCUT2D eigenvalue weighted by molar-refractivity contribution is 6.20. The van der Waals surface area contributed by atoms with E-state index < -0.39 is 0 Å². The average Bonchev–Trinajstić information content (AvgIpc) is 2.57. The molecule has 0 N–H and O–H groups in total. The molecule has 1 aromatic carbocycles. The number of halogens is 1. The third-order valence-corrected chi connectivity index (χ3v) is 6.07. The van der Waals surface area contributed by atoms with Crippen molar-refractivity contribution in [3.05, 3.63) is 35.4 Å². The highest BCUT2D eigenvalue weighted by Crippen LogP contribution is 2.37. The largest absolute Gasteiger partial charge is 0.118 e. The summed E-state index contributed by atoms with van der Waals surface area (Å²) in [6, 6.07) is 9.29. The third kappa shape index (κ3) is 4.25. The van der Waals surface area contributed by atoms with Gasteiger partial charge in [-0.2, -0.15) is 0 Å². The molecule has 1 unspecified atom stereocenters. The number of alkyl halides is 1. The molecule has 0 spiro atoms. The zero-order valence-corrected chi connectivity index (χ0v) is 14.0. The average molecular weight is 305 g/mol. The molecule has 2 fully saturated rings. The predicted octanol–water partition coefficient (Wildman–Crippen LogP) is 6.98. The molecule has 21 heavy (non-hydrogen) atoms. The lowest BCUT2D eigenvalue weighted by Gasteiger charge is -2.25. The van der Waals surface area contributed by atoms with E-state index in [-0.39, 0.29) is 5.38 Å². The molecule has 0 amide bonds. The molecule has 2 aliphatic rings. The fraction of sp³-hybridized carbons (Fsp3) is 0.700. The molecule has 1 atom stereocenters. The quantitative estimate of drug-likeness (QED) is 0.526. The molecule has 2 saturated carbocycles. The van der Waals surface area contributed by atoms with E-state index in [2.05, 4.69) is 24.3 Å². The van der Waals surface area contributed by atoms with Crippen LogP contribution in [0.1, 0.15) is 93.1 Å². The molecule has 116 valence electrons. The van der Waals surface area contributed by atoms with E-state index in [1.54, 1.807) is 5.56 Å². The number of rotatable bonds is 4. The second-order valence-electron chi connectivity index (χ2n) is 7.21. The molecule has 0 radical (unpaired) electrons. The standard InChI is InChI=1S/C20H29Cl/c21-20(15-16-7-3-1-4-8-16)19-13-11-18(12-14-19)17-9-5-2-6-10-17/h11-14,16-17,20H,1-10,15H2. The number of hydrogen-bond donors (Lipinski definition) is 0. The Morgan fingerprint density at radius 1 is 0.810 bits per heavy atom. The third-order valence-electron chi connectivity index (χ3n) is 5.64. The first kappa shape index (κ1) is 15.4. The van der Waals surface area contributed by atoms with Gasteiger partial charge in [-0.1, -0.05) is 75.6 Å². The van der Waals surface area contributed by atoms with Crippen molar-refractivity contribution < 1.29 is 0 Å². The predicted molar refractivity (Wildman–Crippen MR) is 92.1 cm³/mol. The Balaban J connectivity index is 1.57. The van der Waals surface area contributed by atoms with Crippen LogP contribution in [0.2, 0.25) is 0 Å². The minimum absolute atomic E-state index is 0.216. The Morgan fingerprint density at radius 2 is 1.38 bits per heavy atom. The van der Waals surface area contributed by atoms with Gasteiger partial charge in [-0.05, 0) is 42.2 Å². The summed E-state index contributed by atoms with van der Waals surface area (Å²) in [6.45, 7) is 0. The van der Waals surface area contributed by atoms with Gasteiger partial charge in [0.2, 0.25) is 0 Å². The van der Waals surface area contributed by atoms with Gasteiger partial charge < -0.3 is 0 Å². The molecule has 0 bridgehead atoms. The molecule has 2 aliphatic carbocycles. The first-order valence-electron chi connectivity index (χ1n) is 9.07. The SMILES string of the molecule is ClC(CC1CCCCC1)c1ccc(C2CCCCC2)cc1. The van der Waals surface area contributed by atoms with Crippen LogP contribution < -0.4 is 0 Å². The fourth-order valence-corrected chi connectivity index (χ4v) is 4.66. The second-order valence-corrected chi connectivity index (χ2v) is 7.74. The summed E-state index contributed by atoms with van der Waals surface area (Å²) in [5.41, 5.74) is 2.88. The van der Waals surface area contributed by atoms with E-state index in [1.165, 1.54) is 76.2 Å². The van der Waals surface area contributed by atoms with Crippen LogP contribution in [0.3, 0.4) is 0 Å². The van der Waals surface area contributed by atoms with Crippen molar-refractivity contribution in [2.24, 2.45) is 5.92 Å². The summed E-state index contributed by atoms with van der Waals surface area (Å²) in [7, 11) is 0. The fourth-order valence-electron chi connectivity index (χ4n) is 4.26. The van der Waals surface area contributed by atoms with E-state index in [1.807, 2.05) is 0 Å². The van der Waals surface area contributed by atoms with Crippen molar-refractivity contribution in [1.29, 1.82) is 0 Å². The van der Waals surface area contributed by atoms with Gasteiger partial charge in [0.1, 0.15) is 0 Å². The highest BCUT2D eigenvalue weighted by Gasteiger charge is 2.19. The Bertz CT molecular complexity index is 410. The van der Waals surface area contributed by atoms with Gasteiger partial charge in [-0.3, -0.25) is 0 Å². The summed E-state index contributed by atoms with van der Waals surface area (Å²) in [6.07, 6.45) is 15.2. The van der Waals surface area contributed by atoms with Gasteiger partial charge >= 0.3 is 0 Å². The van der Waals surface area contributed by atoms with E-state index in [0.29, 0.717) is 0 Å². The van der Waals surface area contributed by atoms with Gasteiger partial charge in [0.15, 0.2) is 0 Å². The molecule has 0 saturated heterocycles. The van der Waals surface area contributed by atoms with Crippen LogP contribution >= 0.6 is 11.6 Å². The maximum atomic E-state index is 6.68. The van der Waals surface area contributed by atoms with Crippen LogP contribution in [0.25, 0.3) is 0 Å². The van der Waals surface area contributed by atoms with Crippen LogP contribution in [0.5, 0.6) is 0 Å². The van der Waals surface area contributed by atoms with Crippen LogP contribution in [0.15, 0.2) is 24.3 Å². The molecule has 3 rings (SSSR count). The second kappa shape index (κ2) is 7.68. The van der Waals surface area contributed by atoms with Crippen LogP contribution in [0.4, 0.5) is 0 Å². The Kier molecular flexibility index (Phi) is 5.63. The van der Waals surface area contributed by atoms with Crippen molar-refractivity contribution >= 4 is 11.6 Å². The summed E-state index contributed by atoms with van der Waals surface area (Å²) in [4.78, 5) is 0. The summed E-state index contributed by atoms with van der Waals surface area (Å²) in [5.74, 6) is 1.67. The molecule has 1 aromatic rings. The van der Waals surface area contributed by atoms with Gasteiger partial charge in [-0.15, -0.1) is 11.6 Å². The maximum Gasteiger partial charge on any atom is 0.0587 e. The van der Waals surface area contributed by atoms with Gasteiger partial charge in [0, 0.05) is 0 Å². The lowest BCUT2D eigenvalue weighted by Crippen LogP contribution is -2.09. The van der Waals surface area contributed by atoms with Crippen molar-refractivity contribution in [2.75, 3.05) is 0 Å². The molecular formula is C20H29Cl. The minimum Gasteiger partial charge on any atom is -0.118 e. The maximum absolute atomic E-state index is 6.68. The topological polar surface area (TPSA) is 0 Å². The van der Waals surface area contributed by atoms with E-state index in [0.717, 1.165) is 11.8 Å². The monoisotopic (exact) mass is 304 g/mol. The Labute approximate surface area is 135 Å². The van der Waals surface area contributed by atoms with Gasteiger partial charge in [0.05, 0.1) is 5.38 Å². The highest BCUT2D eigenvalue weighted by atomic mass is 35.5. The molecule has 0 aromatic heterocycles. The zero-order chi connectivity index (χ0) is 14.5. The zero-order valence-electron chi connectivity index (χ0n) is 13.2. The number of hydrogen-bond acceptors (Lipinski definition) is 0. The van der Waals surface area contributed by atoms with Crippen LogP contribution in [-0.2, 0) is 0 Å². The van der Waals surface area contributed by atoms with E-state index in [4.69, 9.17) is 11.6 Å². The first-order chi connectivity index (χ1) is 10.3. The van der Waals surface area contributed by atoms with Crippen LogP contribution in [-0.4, -0.2) is 0 Å². The molecule has 1 heteroatoms. The van der Waals surface area contributed by atoms with Gasteiger partial charge in [0.25, 0.3) is 0 Å². The van der Waals surface area contributed by atoms with Crippen molar-refractivity contribution in [3.63, 3.8) is 0 Å². The smallest absolute Gasteiger partial charge is 0.0587 e. The van der Waals surface area contributed by atoms with E-state index >= 15 is 0 Å². The molecule has 0 heterocycles. The first-order valence-corrected chi connectivity index (χ1v) is 9.50. The minimum atomic E-state index is 0.216. The lowest BCUT2D eigenvalue weighted by molar-refractivity contribution is 0.336. The Morgan fingerprint density at radius 3 is 2.00 bits per heavy atom. The summed E-state index contributed by atoms with van der Waals surface area (Å²) >= 11 is 6.68. The molecule has 0 nitrogen and oxygen atoms in total. The Hall–Kier alpha value is -0.490. The molecular weight excluding hydrogens is 276 g/mol. The van der Waals surface area contributed by atoms with Crippen molar-refractivity contribution in [2.45, 2.75) is 81.9 Å². The number of benzene rings is 1. The van der Waals surface area contributed by atoms with Crippen molar-refractivity contribution in [1.82, 2.24) is 0 Å².